The fourth-order valence-electron chi connectivity index (χ4n) is 4.40. The van der Waals surface area contributed by atoms with E-state index in [1.54, 1.807) is 0 Å². The Balaban J connectivity index is 2.26. The minimum atomic E-state index is -0.627. The Hall–Kier alpha value is -1.96. The van der Waals surface area contributed by atoms with Gasteiger partial charge in [0.2, 0.25) is 0 Å². The van der Waals surface area contributed by atoms with Crippen LogP contribution in [0.15, 0.2) is 60.7 Å². The van der Waals surface area contributed by atoms with Crippen molar-refractivity contribution in [3.05, 3.63) is 60.7 Å². The standard InChI is InChI=1S/C29H44O2/c1-4-7-9-10-11-14-20-26(19-6-3)29(25-8-5-2,30-27-21-15-12-16-22-27)31-28-23-17-13-18-24-28/h12-13,15-18,21-24,26H,4-11,14,19-20,25H2,1-3H3. The molecule has 1 unspecified atom stereocenters. The molecule has 0 fully saturated rings. The summed E-state index contributed by atoms with van der Waals surface area (Å²) in [4.78, 5) is 0. The van der Waals surface area contributed by atoms with Crippen LogP contribution in [0.3, 0.4) is 0 Å². The molecule has 172 valence electrons. The van der Waals surface area contributed by atoms with Gasteiger partial charge < -0.3 is 9.47 Å². The zero-order valence-corrected chi connectivity index (χ0v) is 20.2. The van der Waals surface area contributed by atoms with E-state index in [1.165, 1.54) is 38.5 Å². The number of rotatable bonds is 17. The van der Waals surface area contributed by atoms with E-state index in [0.29, 0.717) is 5.92 Å². The predicted octanol–water partition coefficient (Wildman–Crippen LogP) is 9.20. The Labute approximate surface area is 191 Å². The molecule has 0 spiro atoms. The van der Waals surface area contributed by atoms with Gasteiger partial charge in [-0.15, -0.1) is 0 Å². The van der Waals surface area contributed by atoms with Crippen LogP contribution in [-0.4, -0.2) is 5.79 Å². The predicted molar refractivity (Wildman–Crippen MR) is 133 cm³/mol. The van der Waals surface area contributed by atoms with Crippen molar-refractivity contribution >= 4 is 0 Å². The van der Waals surface area contributed by atoms with E-state index >= 15 is 0 Å². The maximum absolute atomic E-state index is 6.80. The van der Waals surface area contributed by atoms with Crippen LogP contribution in [0.4, 0.5) is 0 Å². The molecule has 0 radical (unpaired) electrons. The SMILES string of the molecule is CCCCCCCCC(CCC)C(CCCC)(Oc1ccccc1)Oc1ccccc1. The lowest BCUT2D eigenvalue weighted by molar-refractivity contribution is -0.167. The van der Waals surface area contributed by atoms with Crippen LogP contribution in [0.2, 0.25) is 0 Å². The van der Waals surface area contributed by atoms with Gasteiger partial charge in [-0.2, -0.15) is 0 Å². The van der Waals surface area contributed by atoms with Gasteiger partial charge in [0.15, 0.2) is 0 Å². The second-order valence-corrected chi connectivity index (χ2v) is 8.79. The zero-order chi connectivity index (χ0) is 22.2. The van der Waals surface area contributed by atoms with Crippen LogP contribution in [-0.2, 0) is 0 Å². The first kappa shape index (κ1) is 25.3. The summed E-state index contributed by atoms with van der Waals surface area (Å²) >= 11 is 0. The van der Waals surface area contributed by atoms with Crippen molar-refractivity contribution in [2.75, 3.05) is 0 Å². The molecule has 2 aromatic carbocycles. The van der Waals surface area contributed by atoms with Gasteiger partial charge in [0, 0.05) is 12.3 Å². The first-order chi connectivity index (χ1) is 15.2. The number of ether oxygens (including phenoxy) is 2. The van der Waals surface area contributed by atoms with Crippen LogP contribution < -0.4 is 9.47 Å². The number of para-hydroxylation sites is 2. The molecule has 0 bridgehead atoms. The van der Waals surface area contributed by atoms with E-state index in [2.05, 4.69) is 45.0 Å². The molecule has 0 heterocycles. The summed E-state index contributed by atoms with van der Waals surface area (Å²) in [6.45, 7) is 6.81. The second-order valence-electron chi connectivity index (χ2n) is 8.79. The quantitative estimate of drug-likeness (QED) is 0.186. The van der Waals surface area contributed by atoms with E-state index in [-0.39, 0.29) is 0 Å². The van der Waals surface area contributed by atoms with Crippen molar-refractivity contribution in [1.29, 1.82) is 0 Å². The molecule has 0 aliphatic rings. The molecule has 0 saturated heterocycles. The molecule has 0 aliphatic heterocycles. The molecule has 31 heavy (non-hydrogen) atoms. The van der Waals surface area contributed by atoms with Gasteiger partial charge in [-0.05, 0) is 43.5 Å². The Bertz CT molecular complexity index is 626. The summed E-state index contributed by atoms with van der Waals surface area (Å²) in [6.07, 6.45) is 14.5. The Morgan fingerprint density at radius 1 is 0.581 bits per heavy atom. The van der Waals surface area contributed by atoms with Crippen LogP contribution in [0, 0.1) is 5.92 Å². The minimum Gasteiger partial charge on any atom is -0.452 e. The van der Waals surface area contributed by atoms with Crippen LogP contribution in [0.5, 0.6) is 11.5 Å². The van der Waals surface area contributed by atoms with Gasteiger partial charge in [0.1, 0.15) is 11.5 Å². The number of hydrogen-bond acceptors (Lipinski definition) is 2. The van der Waals surface area contributed by atoms with Crippen molar-refractivity contribution in [2.45, 2.75) is 104 Å². The van der Waals surface area contributed by atoms with Gasteiger partial charge >= 0.3 is 0 Å². The first-order valence-electron chi connectivity index (χ1n) is 12.7. The molecule has 2 aromatic rings. The third kappa shape index (κ3) is 8.97. The summed E-state index contributed by atoms with van der Waals surface area (Å²) in [7, 11) is 0. The zero-order valence-electron chi connectivity index (χ0n) is 20.2. The highest BCUT2D eigenvalue weighted by Crippen LogP contribution is 2.38. The topological polar surface area (TPSA) is 18.5 Å². The number of hydrogen-bond donors (Lipinski definition) is 0. The Kier molecular flexibility index (Phi) is 12.2. The average Bonchev–Trinajstić information content (AvgIpc) is 2.80. The molecule has 0 amide bonds. The van der Waals surface area contributed by atoms with E-state index in [9.17, 15) is 0 Å². The lowest BCUT2D eigenvalue weighted by Crippen LogP contribution is -2.49. The molecule has 0 saturated carbocycles. The molecule has 1 atom stereocenters. The first-order valence-corrected chi connectivity index (χ1v) is 12.7. The highest BCUT2D eigenvalue weighted by Gasteiger charge is 2.42. The monoisotopic (exact) mass is 424 g/mol. The molecule has 0 aliphatic carbocycles. The van der Waals surface area contributed by atoms with Crippen molar-refractivity contribution in [2.24, 2.45) is 5.92 Å². The van der Waals surface area contributed by atoms with E-state index in [1.807, 2.05) is 36.4 Å². The van der Waals surface area contributed by atoms with E-state index < -0.39 is 5.79 Å². The third-order valence-electron chi connectivity index (χ3n) is 6.11. The fraction of sp³-hybridized carbons (Fsp3) is 0.586. The highest BCUT2D eigenvalue weighted by atomic mass is 16.7. The van der Waals surface area contributed by atoms with Gasteiger partial charge in [-0.3, -0.25) is 0 Å². The molecule has 2 heteroatoms. The summed E-state index contributed by atoms with van der Waals surface area (Å²) < 4.78 is 13.6. The van der Waals surface area contributed by atoms with Crippen LogP contribution in [0.1, 0.15) is 97.8 Å². The summed E-state index contributed by atoms with van der Waals surface area (Å²) in [5.41, 5.74) is 0. The molecular formula is C29H44O2. The summed E-state index contributed by atoms with van der Waals surface area (Å²) in [5.74, 6) is 1.55. The van der Waals surface area contributed by atoms with Gasteiger partial charge in [0.05, 0.1) is 0 Å². The molecule has 2 rings (SSSR count). The van der Waals surface area contributed by atoms with Crippen molar-refractivity contribution in [3.63, 3.8) is 0 Å². The van der Waals surface area contributed by atoms with E-state index in [0.717, 1.165) is 50.0 Å². The smallest absolute Gasteiger partial charge is 0.254 e. The molecular weight excluding hydrogens is 380 g/mol. The average molecular weight is 425 g/mol. The fourth-order valence-corrected chi connectivity index (χ4v) is 4.40. The maximum atomic E-state index is 6.80. The largest absolute Gasteiger partial charge is 0.452 e. The summed E-state index contributed by atoms with van der Waals surface area (Å²) in [5, 5.41) is 0. The molecule has 0 aromatic heterocycles. The minimum absolute atomic E-state index is 0.371. The van der Waals surface area contributed by atoms with Crippen LogP contribution in [0.25, 0.3) is 0 Å². The van der Waals surface area contributed by atoms with Crippen LogP contribution >= 0.6 is 0 Å². The molecule has 0 N–H and O–H groups in total. The van der Waals surface area contributed by atoms with Crippen molar-refractivity contribution in [3.8, 4) is 11.5 Å². The third-order valence-corrected chi connectivity index (χ3v) is 6.11. The normalized spacial score (nSPS) is 12.5. The van der Waals surface area contributed by atoms with Crippen molar-refractivity contribution in [1.82, 2.24) is 0 Å². The lowest BCUT2D eigenvalue weighted by Gasteiger charge is -2.41. The highest BCUT2D eigenvalue weighted by molar-refractivity contribution is 5.24. The summed E-state index contributed by atoms with van der Waals surface area (Å²) in [6, 6.07) is 20.5. The van der Waals surface area contributed by atoms with E-state index in [4.69, 9.17) is 9.47 Å². The Morgan fingerprint density at radius 2 is 1.10 bits per heavy atom. The Morgan fingerprint density at radius 3 is 1.61 bits per heavy atom. The number of benzene rings is 2. The molecule has 2 nitrogen and oxygen atoms in total. The van der Waals surface area contributed by atoms with Gasteiger partial charge in [-0.25, -0.2) is 0 Å². The second kappa shape index (κ2) is 14.9. The van der Waals surface area contributed by atoms with Gasteiger partial charge in [-0.1, -0.05) is 109 Å². The number of unbranched alkanes of at least 4 members (excludes halogenated alkanes) is 6. The maximum Gasteiger partial charge on any atom is 0.254 e. The van der Waals surface area contributed by atoms with Gasteiger partial charge in [0.25, 0.3) is 5.79 Å². The van der Waals surface area contributed by atoms with Crippen molar-refractivity contribution < 1.29 is 9.47 Å². The lowest BCUT2D eigenvalue weighted by atomic mass is 9.84.